The highest BCUT2D eigenvalue weighted by atomic mass is 35.5. The Bertz CT molecular complexity index is 1160. The van der Waals surface area contributed by atoms with Crippen LogP contribution < -0.4 is 5.32 Å². The summed E-state index contributed by atoms with van der Waals surface area (Å²) in [5.74, 6) is -2.39. The molecule has 3 aromatic rings. The zero-order chi connectivity index (χ0) is 25.3. The molecule has 0 aliphatic carbocycles. The molecule has 0 radical (unpaired) electrons. The average molecular weight is 518 g/mol. The van der Waals surface area contributed by atoms with Crippen molar-refractivity contribution in [1.29, 1.82) is 0 Å². The smallest absolute Gasteiger partial charge is 0.408 e. The average Bonchev–Trinajstić information content (AvgIpc) is 2.86. The van der Waals surface area contributed by atoms with Gasteiger partial charge in [0.25, 0.3) is 0 Å². The number of hydrogen-bond donors (Lipinski definition) is 2. The molecule has 0 aliphatic rings. The Morgan fingerprint density at radius 2 is 1.51 bits per heavy atom. The number of alkyl carbamates (subject to hydrolysis) is 1. The van der Waals surface area contributed by atoms with Crippen molar-refractivity contribution in [3.63, 3.8) is 0 Å². The number of esters is 1. The first-order valence-electron chi connectivity index (χ1n) is 10.7. The Labute approximate surface area is 208 Å². The molecule has 0 heterocycles. The van der Waals surface area contributed by atoms with Crippen LogP contribution in [0, 0.1) is 0 Å². The molecule has 10 heteroatoms. The lowest BCUT2D eigenvalue weighted by molar-refractivity contribution is -0.152. The fraction of sp³-hybridized carbons (Fsp3) is 0.200. The first kappa shape index (κ1) is 26.4. The van der Waals surface area contributed by atoms with Gasteiger partial charge in [0.05, 0.1) is 6.61 Å². The van der Waals surface area contributed by atoms with Gasteiger partial charge in [-0.05, 0) is 35.7 Å². The van der Waals surface area contributed by atoms with E-state index in [-0.39, 0.29) is 18.8 Å². The predicted molar refractivity (Wildman–Crippen MR) is 131 cm³/mol. The van der Waals surface area contributed by atoms with Gasteiger partial charge >= 0.3 is 19.7 Å². The molecular formula is C25H25ClNO7P. The molecule has 1 unspecified atom stereocenters. The molecule has 0 saturated carbocycles. The normalized spacial score (nSPS) is 14.3. The van der Waals surface area contributed by atoms with Crippen LogP contribution in [0.1, 0.15) is 35.5 Å². The summed E-state index contributed by atoms with van der Waals surface area (Å²) >= 11 is 5.96. The molecular weight excluding hydrogens is 493 g/mol. The fourth-order valence-electron chi connectivity index (χ4n) is 3.17. The number of rotatable bonds is 10. The van der Waals surface area contributed by atoms with Crippen LogP contribution in [0.5, 0.6) is 0 Å². The van der Waals surface area contributed by atoms with Gasteiger partial charge in [-0.1, -0.05) is 84.4 Å². The Morgan fingerprint density at radius 3 is 2.11 bits per heavy atom. The maximum absolute atomic E-state index is 13.5. The number of halogens is 1. The third-order valence-corrected chi connectivity index (χ3v) is 6.68. The second-order valence-electron chi connectivity index (χ2n) is 7.37. The maximum atomic E-state index is 13.5. The van der Waals surface area contributed by atoms with Crippen molar-refractivity contribution < 1.29 is 33.0 Å². The molecule has 35 heavy (non-hydrogen) atoms. The van der Waals surface area contributed by atoms with Gasteiger partial charge in [0.15, 0.2) is 11.9 Å². The van der Waals surface area contributed by atoms with Crippen LogP contribution in [-0.4, -0.2) is 23.6 Å². The number of nitrogens with one attached hydrogen (secondary N) is 1. The Hall–Kier alpha value is -3.16. The second-order valence-corrected chi connectivity index (χ2v) is 9.66. The lowest BCUT2D eigenvalue weighted by Gasteiger charge is -2.27. The molecule has 0 spiro atoms. The largest absolute Gasteiger partial charge is 0.464 e. The number of amides is 1. The van der Waals surface area contributed by atoms with E-state index in [9.17, 15) is 19.0 Å². The van der Waals surface area contributed by atoms with Gasteiger partial charge in [-0.3, -0.25) is 9.09 Å². The molecule has 3 aromatic carbocycles. The topological polar surface area (TPSA) is 111 Å². The second kappa shape index (κ2) is 12.5. The van der Waals surface area contributed by atoms with Crippen LogP contribution in [0.2, 0.25) is 5.02 Å². The summed E-state index contributed by atoms with van der Waals surface area (Å²) in [5, 5.41) is 2.79. The number of hydrogen-bond acceptors (Lipinski definition) is 6. The van der Waals surface area contributed by atoms with E-state index in [1.807, 2.05) is 6.07 Å². The third-order valence-electron chi connectivity index (χ3n) is 4.84. The molecule has 0 saturated heterocycles. The van der Waals surface area contributed by atoms with Gasteiger partial charge in [0.1, 0.15) is 6.61 Å². The van der Waals surface area contributed by atoms with Crippen molar-refractivity contribution in [3.8, 4) is 0 Å². The quantitative estimate of drug-likeness (QED) is 0.259. The van der Waals surface area contributed by atoms with E-state index in [0.29, 0.717) is 10.6 Å². The van der Waals surface area contributed by atoms with Gasteiger partial charge in [0, 0.05) is 5.02 Å². The number of benzene rings is 3. The minimum atomic E-state index is -4.74. The molecule has 8 nitrogen and oxygen atoms in total. The summed E-state index contributed by atoms with van der Waals surface area (Å²) in [6.07, 6.45) is -2.44. The summed E-state index contributed by atoms with van der Waals surface area (Å²) in [6, 6.07) is 23.1. The molecule has 1 amide bonds. The van der Waals surface area contributed by atoms with E-state index in [0.717, 1.165) is 5.56 Å². The van der Waals surface area contributed by atoms with Gasteiger partial charge < -0.3 is 19.7 Å². The van der Waals surface area contributed by atoms with Crippen molar-refractivity contribution in [2.24, 2.45) is 0 Å². The number of ether oxygens (including phenoxy) is 2. The van der Waals surface area contributed by atoms with E-state index in [1.54, 1.807) is 61.5 Å². The van der Waals surface area contributed by atoms with Crippen molar-refractivity contribution in [3.05, 3.63) is 107 Å². The van der Waals surface area contributed by atoms with E-state index < -0.39 is 31.5 Å². The van der Waals surface area contributed by atoms with Gasteiger partial charge in [-0.25, -0.2) is 9.59 Å². The fourth-order valence-corrected chi connectivity index (χ4v) is 4.75. The molecule has 0 aromatic heterocycles. The zero-order valence-electron chi connectivity index (χ0n) is 18.9. The molecule has 184 valence electrons. The van der Waals surface area contributed by atoms with E-state index in [4.69, 9.17) is 25.6 Å². The Balaban J connectivity index is 1.86. The van der Waals surface area contributed by atoms with Crippen LogP contribution in [0.3, 0.4) is 0 Å². The minimum absolute atomic E-state index is 0.0476. The summed E-state index contributed by atoms with van der Waals surface area (Å²) in [7, 11) is -4.74. The van der Waals surface area contributed by atoms with Crippen molar-refractivity contribution in [2.75, 3.05) is 6.61 Å². The standard InChI is InChI=1S/C25H25ClNO7P/c1-2-32-24(28)22(19-11-7-4-8-12-19)34-35(30,31)23(20-13-15-21(26)16-14-20)27-25(29)33-17-18-9-5-3-6-10-18/h3-16,22-23H,2,17H2,1H3,(H,27,29)(H,30,31)/t22-,23-/m1/s1. The van der Waals surface area contributed by atoms with Crippen molar-refractivity contribution in [1.82, 2.24) is 5.32 Å². The molecule has 2 N–H and O–H groups in total. The van der Waals surface area contributed by atoms with Crippen LogP contribution >= 0.6 is 19.2 Å². The van der Waals surface area contributed by atoms with E-state index in [1.165, 1.54) is 24.3 Å². The first-order valence-corrected chi connectivity index (χ1v) is 12.8. The summed E-state index contributed by atoms with van der Waals surface area (Å²) in [6.45, 7) is 1.61. The highest BCUT2D eigenvalue weighted by Crippen LogP contribution is 2.58. The van der Waals surface area contributed by atoms with Crippen LogP contribution in [-0.2, 0) is 30.0 Å². The van der Waals surface area contributed by atoms with Gasteiger partial charge in [-0.2, -0.15) is 0 Å². The lowest BCUT2D eigenvalue weighted by Crippen LogP contribution is -2.30. The van der Waals surface area contributed by atoms with E-state index >= 15 is 0 Å². The molecule has 0 bridgehead atoms. The molecule has 0 aliphatic heterocycles. The first-order chi connectivity index (χ1) is 16.8. The lowest BCUT2D eigenvalue weighted by atomic mass is 10.1. The monoisotopic (exact) mass is 517 g/mol. The maximum Gasteiger partial charge on any atom is 0.408 e. The zero-order valence-corrected chi connectivity index (χ0v) is 20.5. The van der Waals surface area contributed by atoms with Crippen LogP contribution in [0.15, 0.2) is 84.9 Å². The van der Waals surface area contributed by atoms with Crippen molar-refractivity contribution in [2.45, 2.75) is 25.4 Å². The van der Waals surface area contributed by atoms with E-state index in [2.05, 4.69) is 5.32 Å². The molecule has 3 atom stereocenters. The van der Waals surface area contributed by atoms with Crippen molar-refractivity contribution >= 4 is 31.3 Å². The number of carbonyl (C=O) groups is 2. The summed E-state index contributed by atoms with van der Waals surface area (Å²) in [5.41, 5.74) is 1.29. The van der Waals surface area contributed by atoms with Crippen LogP contribution in [0.4, 0.5) is 4.79 Å². The molecule has 3 rings (SSSR count). The predicted octanol–water partition coefficient (Wildman–Crippen LogP) is 5.77. The van der Waals surface area contributed by atoms with Gasteiger partial charge in [0.2, 0.25) is 0 Å². The summed E-state index contributed by atoms with van der Waals surface area (Å²) in [4.78, 5) is 36.2. The highest BCUT2D eigenvalue weighted by Gasteiger charge is 2.41. The Kier molecular flexibility index (Phi) is 9.46. The SMILES string of the molecule is CCOC(=O)[C@H](OP(=O)(O)[C@@H](NC(=O)OCc1ccccc1)c1ccc(Cl)cc1)c1ccccc1. The van der Waals surface area contributed by atoms with Gasteiger partial charge in [-0.15, -0.1) is 0 Å². The van der Waals surface area contributed by atoms with Crippen LogP contribution in [0.25, 0.3) is 0 Å². The molecule has 0 fully saturated rings. The highest BCUT2D eigenvalue weighted by molar-refractivity contribution is 7.53. The third kappa shape index (κ3) is 7.67. The minimum Gasteiger partial charge on any atom is -0.464 e. The number of carbonyl (C=O) groups excluding carboxylic acids is 2. The summed E-state index contributed by atoms with van der Waals surface area (Å²) < 4.78 is 29.3. The Morgan fingerprint density at radius 1 is 0.914 bits per heavy atom.